The Morgan fingerprint density at radius 1 is 1.50 bits per heavy atom. The minimum absolute atomic E-state index is 0.0577. The first-order chi connectivity index (χ1) is 9.23. The quantitative estimate of drug-likeness (QED) is 0.864. The average Bonchev–Trinajstić information content (AvgIpc) is 2.25. The lowest BCUT2D eigenvalue weighted by Gasteiger charge is -2.23. The van der Waals surface area contributed by atoms with Crippen molar-refractivity contribution in [3.05, 3.63) is 34.6 Å². The van der Waals surface area contributed by atoms with E-state index in [0.29, 0.717) is 6.29 Å². The van der Waals surface area contributed by atoms with E-state index >= 15 is 0 Å². The number of nitrogens with one attached hydrogen (secondary N) is 1. The van der Waals surface area contributed by atoms with E-state index in [1.807, 2.05) is 0 Å². The van der Waals surface area contributed by atoms with Gasteiger partial charge in [-0.05, 0) is 32.9 Å². The highest BCUT2D eigenvalue weighted by Crippen LogP contribution is 2.23. The molecule has 0 aliphatic rings. The molecule has 4 nitrogen and oxygen atoms in total. The van der Waals surface area contributed by atoms with E-state index in [1.165, 1.54) is 12.1 Å². The zero-order chi connectivity index (χ0) is 15.3. The van der Waals surface area contributed by atoms with Crippen LogP contribution in [0.2, 0.25) is 5.02 Å². The zero-order valence-corrected chi connectivity index (χ0v) is 12.3. The molecule has 110 valence electrons. The van der Waals surface area contributed by atoms with E-state index in [9.17, 15) is 14.0 Å². The van der Waals surface area contributed by atoms with Gasteiger partial charge in [-0.3, -0.25) is 0 Å². The minimum Gasteiger partial charge on any atom is -0.444 e. The number of benzene rings is 1. The number of alkyl carbamates (subject to hydrolysis) is 1. The second kappa shape index (κ2) is 6.70. The Balaban J connectivity index is 2.89. The minimum atomic E-state index is -0.792. The molecule has 0 saturated carbocycles. The summed E-state index contributed by atoms with van der Waals surface area (Å²) in [7, 11) is 0. The number of carbonyl (C=O) groups is 2. The summed E-state index contributed by atoms with van der Waals surface area (Å²) in [6.07, 6.45) is -0.160. The number of carbonyl (C=O) groups excluding carboxylic acids is 2. The lowest BCUT2D eigenvalue weighted by atomic mass is 10.0. The van der Waals surface area contributed by atoms with Crippen LogP contribution in [0.5, 0.6) is 0 Å². The molecule has 0 aromatic heterocycles. The molecule has 0 spiro atoms. The fraction of sp³-hybridized carbons (Fsp3) is 0.429. The van der Waals surface area contributed by atoms with Gasteiger partial charge in [0.15, 0.2) is 0 Å². The molecule has 20 heavy (non-hydrogen) atoms. The summed E-state index contributed by atoms with van der Waals surface area (Å²) in [6.45, 7) is 5.14. The number of aldehydes is 1. The van der Waals surface area contributed by atoms with Gasteiger partial charge in [-0.2, -0.15) is 0 Å². The van der Waals surface area contributed by atoms with E-state index in [4.69, 9.17) is 16.3 Å². The van der Waals surface area contributed by atoms with Gasteiger partial charge in [0.1, 0.15) is 17.7 Å². The highest BCUT2D eigenvalue weighted by molar-refractivity contribution is 6.30. The highest BCUT2D eigenvalue weighted by Gasteiger charge is 2.22. The molecule has 0 bridgehead atoms. The molecule has 0 fully saturated rings. The van der Waals surface area contributed by atoms with Crippen molar-refractivity contribution >= 4 is 24.0 Å². The van der Waals surface area contributed by atoms with Gasteiger partial charge in [0.2, 0.25) is 0 Å². The molecule has 1 N–H and O–H groups in total. The maximum absolute atomic E-state index is 13.8. The van der Waals surface area contributed by atoms with Gasteiger partial charge in [0.05, 0.1) is 6.04 Å². The van der Waals surface area contributed by atoms with Gasteiger partial charge in [0, 0.05) is 17.0 Å². The summed E-state index contributed by atoms with van der Waals surface area (Å²) < 4.78 is 18.9. The van der Waals surface area contributed by atoms with Gasteiger partial charge in [-0.15, -0.1) is 0 Å². The zero-order valence-electron chi connectivity index (χ0n) is 11.6. The van der Waals surface area contributed by atoms with E-state index in [-0.39, 0.29) is 17.0 Å². The van der Waals surface area contributed by atoms with Crippen LogP contribution in [0.15, 0.2) is 18.2 Å². The van der Waals surface area contributed by atoms with Crippen LogP contribution < -0.4 is 5.32 Å². The first-order valence-electron chi connectivity index (χ1n) is 6.11. The third-order valence-corrected chi connectivity index (χ3v) is 2.60. The van der Waals surface area contributed by atoms with Crippen LogP contribution in [0.25, 0.3) is 0 Å². The molecule has 1 amide bonds. The van der Waals surface area contributed by atoms with Crippen molar-refractivity contribution in [2.24, 2.45) is 0 Å². The van der Waals surface area contributed by atoms with Crippen molar-refractivity contribution < 1.29 is 18.7 Å². The van der Waals surface area contributed by atoms with Crippen molar-refractivity contribution in [1.29, 1.82) is 0 Å². The van der Waals surface area contributed by atoms with Crippen LogP contribution in [0.4, 0.5) is 9.18 Å². The molecule has 0 unspecified atom stereocenters. The van der Waals surface area contributed by atoms with Crippen molar-refractivity contribution in [3.8, 4) is 0 Å². The van der Waals surface area contributed by atoms with Gasteiger partial charge in [0.25, 0.3) is 0 Å². The van der Waals surface area contributed by atoms with Crippen LogP contribution in [0, 0.1) is 5.82 Å². The van der Waals surface area contributed by atoms with Crippen molar-refractivity contribution in [2.45, 2.75) is 38.8 Å². The molecule has 0 aliphatic carbocycles. The Labute approximate surface area is 122 Å². The molecule has 0 aliphatic heterocycles. The summed E-state index contributed by atoms with van der Waals surface area (Å²) in [5.41, 5.74) is -0.485. The van der Waals surface area contributed by atoms with Gasteiger partial charge in [-0.1, -0.05) is 17.7 Å². The normalized spacial score (nSPS) is 12.7. The second-order valence-corrected chi connectivity index (χ2v) is 5.70. The van der Waals surface area contributed by atoms with Crippen LogP contribution in [0.1, 0.15) is 38.8 Å². The summed E-state index contributed by atoms with van der Waals surface area (Å²) in [5, 5.41) is 2.72. The molecule has 1 atom stereocenters. The van der Waals surface area contributed by atoms with E-state index in [1.54, 1.807) is 20.8 Å². The van der Waals surface area contributed by atoms with Crippen molar-refractivity contribution in [3.63, 3.8) is 0 Å². The van der Waals surface area contributed by atoms with Crippen LogP contribution >= 0.6 is 11.6 Å². The summed E-state index contributed by atoms with van der Waals surface area (Å²) in [4.78, 5) is 22.4. The number of ether oxygens (including phenoxy) is 1. The Bertz CT molecular complexity index is 500. The molecule has 6 heteroatoms. The van der Waals surface area contributed by atoms with E-state index in [0.717, 1.165) is 6.07 Å². The number of hydrogen-bond acceptors (Lipinski definition) is 3. The maximum Gasteiger partial charge on any atom is 0.408 e. The second-order valence-electron chi connectivity index (χ2n) is 5.27. The number of amides is 1. The first kappa shape index (κ1) is 16.4. The third-order valence-electron chi connectivity index (χ3n) is 2.36. The number of hydrogen-bond donors (Lipinski definition) is 1. The Hall–Kier alpha value is -1.62. The van der Waals surface area contributed by atoms with Gasteiger partial charge in [-0.25, -0.2) is 9.18 Å². The molecule has 1 aromatic rings. The third kappa shape index (κ3) is 5.17. The topological polar surface area (TPSA) is 55.4 Å². The lowest BCUT2D eigenvalue weighted by Crippen LogP contribution is -2.35. The highest BCUT2D eigenvalue weighted by atomic mass is 35.5. The van der Waals surface area contributed by atoms with Crippen molar-refractivity contribution in [1.82, 2.24) is 5.32 Å². The monoisotopic (exact) mass is 301 g/mol. The molecule has 0 heterocycles. The fourth-order valence-electron chi connectivity index (χ4n) is 1.59. The van der Waals surface area contributed by atoms with Crippen LogP contribution in [-0.4, -0.2) is 18.0 Å². The van der Waals surface area contributed by atoms with E-state index in [2.05, 4.69) is 5.32 Å². The predicted molar refractivity (Wildman–Crippen MR) is 74.2 cm³/mol. The number of rotatable bonds is 4. The Morgan fingerprint density at radius 2 is 2.15 bits per heavy atom. The smallest absolute Gasteiger partial charge is 0.408 e. The molecular weight excluding hydrogens is 285 g/mol. The lowest BCUT2D eigenvalue weighted by molar-refractivity contribution is -0.108. The van der Waals surface area contributed by atoms with Gasteiger partial charge >= 0.3 is 6.09 Å². The molecular formula is C14H17ClFNO3. The van der Waals surface area contributed by atoms with Gasteiger partial charge < -0.3 is 14.8 Å². The Morgan fingerprint density at radius 3 is 2.65 bits per heavy atom. The first-order valence-corrected chi connectivity index (χ1v) is 6.49. The maximum atomic E-state index is 13.8. The summed E-state index contributed by atoms with van der Waals surface area (Å²) >= 11 is 5.67. The van der Waals surface area contributed by atoms with Crippen molar-refractivity contribution in [2.75, 3.05) is 0 Å². The largest absolute Gasteiger partial charge is 0.444 e. The standard InChI is InChI=1S/C14H17ClFNO3/c1-14(2,3)20-13(19)17-12(6-7-18)10-5-4-9(15)8-11(10)16/h4-5,7-8,12H,6H2,1-3H3,(H,17,19)/t12-/m0/s1. The molecule has 1 aromatic carbocycles. The molecule has 0 radical (unpaired) electrons. The molecule has 0 saturated heterocycles. The Kier molecular flexibility index (Phi) is 5.51. The molecule has 1 rings (SSSR count). The SMILES string of the molecule is CC(C)(C)OC(=O)N[C@@H](CC=O)c1ccc(Cl)cc1F. The fourth-order valence-corrected chi connectivity index (χ4v) is 1.75. The number of halogens is 2. The predicted octanol–water partition coefficient (Wildman–Crippen LogP) is 3.63. The van der Waals surface area contributed by atoms with E-state index < -0.39 is 23.6 Å². The summed E-state index contributed by atoms with van der Waals surface area (Å²) in [6, 6.07) is 3.27. The summed E-state index contributed by atoms with van der Waals surface area (Å²) in [5.74, 6) is -0.583. The van der Waals surface area contributed by atoms with Crippen LogP contribution in [-0.2, 0) is 9.53 Å². The van der Waals surface area contributed by atoms with Crippen LogP contribution in [0.3, 0.4) is 0 Å². The average molecular weight is 302 g/mol.